The number of carboxylic acids is 1. The van der Waals surface area contributed by atoms with Crippen LogP contribution in [0.5, 0.6) is 0 Å². The van der Waals surface area contributed by atoms with Crippen molar-refractivity contribution in [1.82, 2.24) is 9.80 Å². The molecule has 6 nitrogen and oxygen atoms in total. The van der Waals surface area contributed by atoms with E-state index in [1.165, 1.54) is 6.08 Å². The van der Waals surface area contributed by atoms with Gasteiger partial charge in [0.2, 0.25) is 5.91 Å². The SMILES string of the molecule is Cc1ccc(/C=C/C(=O)N2CCN(CC(=O)O)CC2)o1. The van der Waals surface area contributed by atoms with Gasteiger partial charge < -0.3 is 14.4 Å². The van der Waals surface area contributed by atoms with E-state index >= 15 is 0 Å². The van der Waals surface area contributed by atoms with E-state index in [1.807, 2.05) is 24.0 Å². The highest BCUT2D eigenvalue weighted by atomic mass is 16.4. The normalized spacial score (nSPS) is 16.8. The Hall–Kier alpha value is -2.08. The van der Waals surface area contributed by atoms with E-state index in [4.69, 9.17) is 9.52 Å². The zero-order chi connectivity index (χ0) is 14.5. The molecule has 0 aromatic carbocycles. The van der Waals surface area contributed by atoms with Crippen LogP contribution in [0.25, 0.3) is 6.08 Å². The molecule has 108 valence electrons. The summed E-state index contributed by atoms with van der Waals surface area (Å²) in [5.41, 5.74) is 0. The molecule has 0 saturated carbocycles. The summed E-state index contributed by atoms with van der Waals surface area (Å²) < 4.78 is 5.35. The van der Waals surface area contributed by atoms with Gasteiger partial charge in [-0.05, 0) is 25.1 Å². The molecule has 1 N–H and O–H groups in total. The van der Waals surface area contributed by atoms with E-state index in [0.29, 0.717) is 31.9 Å². The molecule has 1 fully saturated rings. The summed E-state index contributed by atoms with van der Waals surface area (Å²) in [4.78, 5) is 26.1. The average Bonchev–Trinajstić information content (AvgIpc) is 2.82. The summed E-state index contributed by atoms with van der Waals surface area (Å²) in [6.07, 6.45) is 3.14. The van der Waals surface area contributed by atoms with Crippen molar-refractivity contribution in [2.24, 2.45) is 0 Å². The van der Waals surface area contributed by atoms with Gasteiger partial charge in [-0.2, -0.15) is 0 Å². The van der Waals surface area contributed by atoms with Crippen LogP contribution < -0.4 is 0 Å². The first-order valence-corrected chi connectivity index (χ1v) is 6.52. The lowest BCUT2D eigenvalue weighted by atomic mass is 10.3. The number of carbonyl (C=O) groups excluding carboxylic acids is 1. The number of aryl methyl sites for hydroxylation is 1. The minimum Gasteiger partial charge on any atom is -0.480 e. The number of aliphatic carboxylic acids is 1. The largest absolute Gasteiger partial charge is 0.480 e. The average molecular weight is 278 g/mol. The Morgan fingerprint density at radius 1 is 1.30 bits per heavy atom. The molecular weight excluding hydrogens is 260 g/mol. The monoisotopic (exact) mass is 278 g/mol. The van der Waals surface area contributed by atoms with E-state index in [-0.39, 0.29) is 12.5 Å². The predicted molar refractivity (Wildman–Crippen MR) is 73.1 cm³/mol. The van der Waals surface area contributed by atoms with Gasteiger partial charge in [-0.25, -0.2) is 0 Å². The number of carboxylic acid groups (broad SMARTS) is 1. The summed E-state index contributed by atoms with van der Waals surface area (Å²) in [5, 5.41) is 8.71. The number of hydrogen-bond acceptors (Lipinski definition) is 4. The van der Waals surface area contributed by atoms with Crippen LogP contribution >= 0.6 is 0 Å². The third-order valence-corrected chi connectivity index (χ3v) is 3.19. The van der Waals surface area contributed by atoms with Crippen molar-refractivity contribution >= 4 is 18.0 Å². The molecule has 0 radical (unpaired) electrons. The van der Waals surface area contributed by atoms with E-state index < -0.39 is 5.97 Å². The molecule has 1 saturated heterocycles. The van der Waals surface area contributed by atoms with Gasteiger partial charge in [0.15, 0.2) is 0 Å². The van der Waals surface area contributed by atoms with Gasteiger partial charge in [0, 0.05) is 32.3 Å². The Kier molecular flexibility index (Phi) is 4.57. The van der Waals surface area contributed by atoms with E-state index in [1.54, 1.807) is 11.0 Å². The summed E-state index contributed by atoms with van der Waals surface area (Å²) in [7, 11) is 0. The molecule has 0 spiro atoms. The molecule has 1 aromatic heterocycles. The zero-order valence-corrected chi connectivity index (χ0v) is 11.4. The lowest BCUT2D eigenvalue weighted by Crippen LogP contribution is -2.49. The number of piperazine rings is 1. The Balaban J connectivity index is 1.82. The molecule has 0 bridgehead atoms. The number of amides is 1. The highest BCUT2D eigenvalue weighted by molar-refractivity contribution is 5.91. The van der Waals surface area contributed by atoms with Crippen LogP contribution in [0.4, 0.5) is 0 Å². The Morgan fingerprint density at radius 3 is 2.55 bits per heavy atom. The molecule has 6 heteroatoms. The van der Waals surface area contributed by atoms with Crippen molar-refractivity contribution in [3.8, 4) is 0 Å². The molecule has 1 aromatic rings. The maximum atomic E-state index is 12.0. The fraction of sp³-hybridized carbons (Fsp3) is 0.429. The number of carbonyl (C=O) groups is 2. The Labute approximate surface area is 117 Å². The fourth-order valence-electron chi connectivity index (χ4n) is 2.12. The van der Waals surface area contributed by atoms with Crippen molar-refractivity contribution in [3.05, 3.63) is 29.7 Å². The van der Waals surface area contributed by atoms with Crippen LogP contribution in [0.2, 0.25) is 0 Å². The molecular formula is C14H18N2O4. The van der Waals surface area contributed by atoms with Crippen molar-refractivity contribution < 1.29 is 19.1 Å². The van der Waals surface area contributed by atoms with Gasteiger partial charge in [0.25, 0.3) is 0 Å². The maximum Gasteiger partial charge on any atom is 0.317 e. The fourth-order valence-corrected chi connectivity index (χ4v) is 2.12. The van der Waals surface area contributed by atoms with Crippen molar-refractivity contribution in [3.63, 3.8) is 0 Å². The first-order chi connectivity index (χ1) is 9.54. The van der Waals surface area contributed by atoms with Gasteiger partial charge >= 0.3 is 5.97 Å². The maximum absolute atomic E-state index is 12.0. The van der Waals surface area contributed by atoms with Gasteiger partial charge in [-0.3, -0.25) is 14.5 Å². The molecule has 1 aliphatic heterocycles. The molecule has 0 aliphatic carbocycles. The first kappa shape index (κ1) is 14.3. The van der Waals surface area contributed by atoms with Crippen molar-refractivity contribution in [2.45, 2.75) is 6.92 Å². The predicted octanol–water partition coefficient (Wildman–Crippen LogP) is 0.830. The first-order valence-electron chi connectivity index (χ1n) is 6.52. The Morgan fingerprint density at radius 2 is 2.00 bits per heavy atom. The van der Waals surface area contributed by atoms with Crippen LogP contribution in [0.3, 0.4) is 0 Å². The van der Waals surface area contributed by atoms with Gasteiger partial charge in [-0.1, -0.05) is 0 Å². The number of rotatable bonds is 4. The second-order valence-electron chi connectivity index (χ2n) is 4.78. The number of furan rings is 1. The summed E-state index contributed by atoms with van der Waals surface area (Å²) in [5.74, 6) is 0.548. The van der Waals surface area contributed by atoms with Crippen LogP contribution in [-0.4, -0.2) is 59.5 Å². The lowest BCUT2D eigenvalue weighted by molar-refractivity contribution is -0.139. The molecule has 1 aliphatic rings. The molecule has 20 heavy (non-hydrogen) atoms. The third kappa shape index (κ3) is 3.96. The van der Waals surface area contributed by atoms with Gasteiger partial charge in [0.1, 0.15) is 11.5 Å². The lowest BCUT2D eigenvalue weighted by Gasteiger charge is -2.33. The second-order valence-corrected chi connectivity index (χ2v) is 4.78. The number of hydrogen-bond donors (Lipinski definition) is 1. The minimum absolute atomic E-state index is 0.0313. The van der Waals surface area contributed by atoms with E-state index in [2.05, 4.69) is 0 Å². The van der Waals surface area contributed by atoms with Crippen LogP contribution in [-0.2, 0) is 9.59 Å². The molecule has 1 amide bonds. The Bertz CT molecular complexity index is 513. The van der Waals surface area contributed by atoms with E-state index in [9.17, 15) is 9.59 Å². The highest BCUT2D eigenvalue weighted by Crippen LogP contribution is 2.09. The van der Waals surface area contributed by atoms with Gasteiger partial charge in [-0.15, -0.1) is 0 Å². The van der Waals surface area contributed by atoms with Crippen LogP contribution in [0, 0.1) is 6.92 Å². The third-order valence-electron chi connectivity index (χ3n) is 3.19. The second kappa shape index (κ2) is 6.38. The quantitative estimate of drug-likeness (QED) is 0.826. The molecule has 2 rings (SSSR count). The number of nitrogens with zero attached hydrogens (tertiary/aromatic N) is 2. The summed E-state index contributed by atoms with van der Waals surface area (Å²) in [6.45, 7) is 4.16. The standard InChI is InChI=1S/C14H18N2O4/c1-11-2-3-12(20-11)4-5-13(17)16-8-6-15(7-9-16)10-14(18)19/h2-5H,6-10H2,1H3,(H,18,19)/b5-4+. The van der Waals surface area contributed by atoms with Crippen LogP contribution in [0.1, 0.15) is 11.5 Å². The molecule has 2 heterocycles. The van der Waals surface area contributed by atoms with E-state index in [0.717, 1.165) is 5.76 Å². The molecule has 0 atom stereocenters. The minimum atomic E-state index is -0.835. The highest BCUT2D eigenvalue weighted by Gasteiger charge is 2.20. The topological polar surface area (TPSA) is 74.0 Å². The van der Waals surface area contributed by atoms with Gasteiger partial charge in [0.05, 0.1) is 6.54 Å². The van der Waals surface area contributed by atoms with Crippen molar-refractivity contribution in [1.29, 1.82) is 0 Å². The van der Waals surface area contributed by atoms with Crippen LogP contribution in [0.15, 0.2) is 22.6 Å². The summed E-state index contributed by atoms with van der Waals surface area (Å²) >= 11 is 0. The smallest absolute Gasteiger partial charge is 0.317 e. The molecule has 0 unspecified atom stereocenters. The summed E-state index contributed by atoms with van der Waals surface area (Å²) in [6, 6.07) is 3.65. The van der Waals surface area contributed by atoms with Crippen molar-refractivity contribution in [2.75, 3.05) is 32.7 Å². The zero-order valence-electron chi connectivity index (χ0n) is 11.4.